The molecule has 48 heavy (non-hydrogen) atoms. The molecular weight excluding hydrogens is 648 g/mol. The number of amides is 2. The third kappa shape index (κ3) is 17.5. The molecule has 3 fully saturated rings. The predicted octanol–water partition coefficient (Wildman–Crippen LogP) is 2.70. The molecule has 0 radical (unpaired) electrons. The minimum Gasteiger partial charge on any atom is -0.481 e. The number of tetrazole rings is 2. The van der Waals surface area contributed by atoms with E-state index >= 15 is 0 Å². The highest BCUT2D eigenvalue weighted by molar-refractivity contribution is 5.85. The number of nitrogens with two attached hydrogens (primary N) is 1. The maximum absolute atomic E-state index is 11.9. The van der Waals surface area contributed by atoms with Crippen LogP contribution >= 0.6 is 12.4 Å². The van der Waals surface area contributed by atoms with E-state index in [2.05, 4.69) is 36.4 Å². The van der Waals surface area contributed by atoms with Crippen molar-refractivity contribution in [2.75, 3.05) is 39.3 Å². The van der Waals surface area contributed by atoms with Crippen LogP contribution in [0, 0.1) is 0 Å². The van der Waals surface area contributed by atoms with Gasteiger partial charge in [0.05, 0.1) is 12.1 Å². The van der Waals surface area contributed by atoms with Crippen LogP contribution in [0.5, 0.6) is 0 Å². The van der Waals surface area contributed by atoms with Gasteiger partial charge in [-0.2, -0.15) is 0 Å². The van der Waals surface area contributed by atoms with Crippen LogP contribution in [-0.2, 0) is 14.3 Å². The molecule has 0 aliphatic carbocycles. The number of aromatic nitrogens is 8. The van der Waals surface area contributed by atoms with E-state index in [0.717, 1.165) is 71.6 Å². The van der Waals surface area contributed by atoms with Gasteiger partial charge < -0.3 is 35.4 Å². The Morgan fingerprint density at radius 1 is 0.729 bits per heavy atom. The first-order chi connectivity index (χ1) is 22.0. The fourth-order valence-corrected chi connectivity index (χ4v) is 4.79. The Hall–Kier alpha value is -3.64. The number of carbonyl (C=O) groups is 3. The van der Waals surface area contributed by atoms with Gasteiger partial charge in [-0.1, -0.05) is 0 Å². The number of piperidine rings is 3. The summed E-state index contributed by atoms with van der Waals surface area (Å²) in [4.78, 5) is 35.9. The van der Waals surface area contributed by atoms with Crippen LogP contribution < -0.4 is 11.1 Å². The number of ether oxygens (including phenoxy) is 2. The summed E-state index contributed by atoms with van der Waals surface area (Å²) in [7, 11) is 0. The molecule has 0 saturated carbocycles. The van der Waals surface area contributed by atoms with Gasteiger partial charge in [0.2, 0.25) is 0 Å². The zero-order chi connectivity index (χ0) is 35.0. The van der Waals surface area contributed by atoms with Crippen LogP contribution in [0.1, 0.15) is 99.1 Å². The van der Waals surface area contributed by atoms with E-state index < -0.39 is 17.2 Å². The molecule has 19 heteroatoms. The number of rotatable bonds is 2. The number of carbonyl (C=O) groups excluding carboxylic acids is 2. The first-order valence-corrected chi connectivity index (χ1v) is 16.1. The van der Waals surface area contributed by atoms with Crippen molar-refractivity contribution in [3.8, 4) is 0 Å². The van der Waals surface area contributed by atoms with Crippen molar-refractivity contribution in [3.05, 3.63) is 12.7 Å². The summed E-state index contributed by atoms with van der Waals surface area (Å²) >= 11 is 0. The molecule has 2 aromatic heterocycles. The van der Waals surface area contributed by atoms with Gasteiger partial charge in [-0.3, -0.25) is 4.79 Å². The minimum atomic E-state index is -0.833. The van der Waals surface area contributed by atoms with Crippen LogP contribution in [0.4, 0.5) is 9.59 Å². The number of carboxylic acids is 1. The van der Waals surface area contributed by atoms with Crippen LogP contribution in [0.3, 0.4) is 0 Å². The second-order valence-electron chi connectivity index (χ2n) is 13.6. The molecular formula is C29H55ClN12O6. The maximum atomic E-state index is 11.9. The molecule has 274 valence electrons. The summed E-state index contributed by atoms with van der Waals surface area (Å²) in [6.45, 7) is 17.3. The predicted molar refractivity (Wildman–Crippen MR) is 178 cm³/mol. The fraction of sp³-hybridized carbons (Fsp3) is 0.828. The Kier molecular flexibility index (Phi) is 18.2. The lowest BCUT2D eigenvalue weighted by Gasteiger charge is -2.33. The van der Waals surface area contributed by atoms with Gasteiger partial charge >= 0.3 is 12.2 Å². The topological polar surface area (TPSA) is 222 Å². The van der Waals surface area contributed by atoms with E-state index in [4.69, 9.17) is 25.1 Å². The summed E-state index contributed by atoms with van der Waals surface area (Å²) < 4.78 is 14.2. The Labute approximate surface area is 288 Å². The average molecular weight is 703 g/mol. The van der Waals surface area contributed by atoms with Gasteiger partial charge in [-0.25, -0.2) is 19.0 Å². The van der Waals surface area contributed by atoms with Gasteiger partial charge in [0.1, 0.15) is 23.9 Å². The number of aliphatic carboxylic acids is 1. The molecule has 3 aliphatic rings. The minimum absolute atomic E-state index is 0. The molecule has 18 nitrogen and oxygen atoms in total. The second-order valence-corrected chi connectivity index (χ2v) is 13.6. The van der Waals surface area contributed by atoms with Crippen molar-refractivity contribution in [1.82, 2.24) is 55.5 Å². The third-order valence-corrected chi connectivity index (χ3v) is 7.09. The Balaban J connectivity index is 0.000000345. The molecule has 0 unspecified atom stereocenters. The van der Waals surface area contributed by atoms with E-state index in [1.165, 1.54) is 0 Å². The van der Waals surface area contributed by atoms with Gasteiger partial charge in [0.15, 0.2) is 0 Å². The molecule has 2 aromatic rings. The highest BCUT2D eigenvalue weighted by atomic mass is 35.5. The largest absolute Gasteiger partial charge is 0.481 e. The molecule has 0 bridgehead atoms. The summed E-state index contributed by atoms with van der Waals surface area (Å²) in [5.41, 5.74) is 4.90. The average Bonchev–Trinajstić information content (AvgIpc) is 3.72. The molecule has 2 amide bonds. The van der Waals surface area contributed by atoms with Crippen molar-refractivity contribution < 1.29 is 29.0 Å². The molecule has 3 saturated heterocycles. The first-order valence-electron chi connectivity index (χ1n) is 16.1. The lowest BCUT2D eigenvalue weighted by Crippen LogP contribution is -2.44. The van der Waals surface area contributed by atoms with Crippen molar-refractivity contribution in [2.45, 2.75) is 116 Å². The second kappa shape index (κ2) is 20.7. The molecule has 4 N–H and O–H groups in total. The number of likely N-dealkylation sites (tertiary alicyclic amines) is 2. The van der Waals surface area contributed by atoms with E-state index in [-0.39, 0.29) is 36.7 Å². The molecule has 3 aliphatic heterocycles. The number of nitrogens with zero attached hydrogens (tertiary/aromatic N) is 10. The van der Waals surface area contributed by atoms with Crippen molar-refractivity contribution >= 4 is 30.6 Å². The third-order valence-electron chi connectivity index (χ3n) is 7.09. The van der Waals surface area contributed by atoms with Crippen molar-refractivity contribution in [2.24, 2.45) is 5.73 Å². The highest BCUT2D eigenvalue weighted by Crippen LogP contribution is 2.22. The standard InChI is InChI=1S/C11H19N5O2.C10H20N2O2.C6H11N5.C2H4O2.ClH/c1-11(2,3)18-10(17)15-6-4-9(5-7-15)16-8-12-13-14-16;1-10(2,3)14-9(13)12-6-4-8(11)5-7-12;1-3-7-4-2-6(1)11-5-8-9-10-11;1-2(3)4;/h8-9H,4-7H2,1-3H3;8H,4-7,11H2,1-3H3;5-7H,1-4H2;1H3,(H,3,4);1H. The van der Waals surface area contributed by atoms with Crippen LogP contribution in [-0.4, -0.2) is 130 Å². The van der Waals surface area contributed by atoms with E-state index in [1.54, 1.807) is 27.1 Å². The Morgan fingerprint density at radius 2 is 1.08 bits per heavy atom. The maximum Gasteiger partial charge on any atom is 0.410 e. The van der Waals surface area contributed by atoms with Gasteiger partial charge in [-0.05, 0) is 114 Å². The fourth-order valence-electron chi connectivity index (χ4n) is 4.79. The monoisotopic (exact) mass is 702 g/mol. The smallest absolute Gasteiger partial charge is 0.410 e. The Bertz CT molecular complexity index is 1160. The Morgan fingerprint density at radius 3 is 1.42 bits per heavy atom. The van der Waals surface area contributed by atoms with Gasteiger partial charge in [0.25, 0.3) is 5.97 Å². The van der Waals surface area contributed by atoms with E-state index in [1.807, 2.05) is 46.2 Å². The number of hydrogen-bond acceptors (Lipinski definition) is 13. The quantitative estimate of drug-likeness (QED) is 0.410. The SMILES string of the molecule is CC(=O)O.CC(C)(C)OC(=O)N1CCC(N)CC1.CC(C)(C)OC(=O)N1CCC(n2cnnn2)CC1.Cl.c1nnnn1C1CCNCC1. The summed E-state index contributed by atoms with van der Waals surface area (Å²) in [6.07, 6.45) is 8.56. The van der Waals surface area contributed by atoms with Crippen LogP contribution in [0.2, 0.25) is 0 Å². The normalized spacial score (nSPS) is 17.6. The lowest BCUT2D eigenvalue weighted by molar-refractivity contribution is -0.134. The summed E-state index contributed by atoms with van der Waals surface area (Å²) in [5, 5.41) is 32.9. The first kappa shape index (κ1) is 42.4. The zero-order valence-electron chi connectivity index (χ0n) is 29.3. The van der Waals surface area contributed by atoms with E-state index in [9.17, 15) is 9.59 Å². The molecule has 0 spiro atoms. The lowest BCUT2D eigenvalue weighted by atomic mass is 10.1. The van der Waals surface area contributed by atoms with Gasteiger partial charge in [-0.15, -0.1) is 22.6 Å². The zero-order valence-corrected chi connectivity index (χ0v) is 30.1. The molecule has 0 aromatic carbocycles. The molecule has 0 atom stereocenters. The van der Waals surface area contributed by atoms with Crippen molar-refractivity contribution in [3.63, 3.8) is 0 Å². The summed E-state index contributed by atoms with van der Waals surface area (Å²) in [6, 6.07) is 1.03. The molecule has 5 rings (SSSR count). The van der Waals surface area contributed by atoms with Crippen LogP contribution in [0.25, 0.3) is 0 Å². The highest BCUT2D eigenvalue weighted by Gasteiger charge is 2.28. The number of nitrogens with one attached hydrogen (secondary N) is 1. The number of halogens is 1. The number of hydrogen-bond donors (Lipinski definition) is 3. The summed E-state index contributed by atoms with van der Waals surface area (Å²) in [5.74, 6) is -0.833. The molecule has 5 heterocycles. The van der Waals surface area contributed by atoms with Gasteiger partial charge in [0, 0.05) is 39.1 Å². The van der Waals surface area contributed by atoms with Crippen LogP contribution in [0.15, 0.2) is 12.7 Å². The van der Waals surface area contributed by atoms with Crippen molar-refractivity contribution in [1.29, 1.82) is 0 Å². The number of carboxylic acid groups (broad SMARTS) is 1. The van der Waals surface area contributed by atoms with E-state index in [0.29, 0.717) is 19.1 Å².